The zero-order valence-electron chi connectivity index (χ0n) is 17.9. The fraction of sp³-hybridized carbons (Fsp3) is 0.250. The molecule has 5 rings (SSSR count). The lowest BCUT2D eigenvalue weighted by molar-refractivity contribution is -0.385. The Balaban J connectivity index is 1.35. The molecule has 2 aromatic carbocycles. The number of amides is 3. The number of hydrazone groups is 1. The molecule has 0 spiro atoms. The van der Waals surface area contributed by atoms with Crippen LogP contribution in [0.5, 0.6) is 5.75 Å². The number of ether oxygens (including phenoxy) is 1. The van der Waals surface area contributed by atoms with Gasteiger partial charge in [-0.1, -0.05) is 36.4 Å². The minimum atomic E-state index is -0.637. The minimum Gasteiger partial charge on any atom is -0.476 e. The van der Waals surface area contributed by atoms with Gasteiger partial charge in [-0.15, -0.1) is 0 Å². The molecule has 1 N–H and O–H groups in total. The summed E-state index contributed by atoms with van der Waals surface area (Å²) in [6.07, 6.45) is 5.95. The number of imide groups is 1. The first-order valence-corrected chi connectivity index (χ1v) is 10.8. The number of para-hydroxylation sites is 2. The van der Waals surface area contributed by atoms with Gasteiger partial charge in [0.15, 0.2) is 6.61 Å². The lowest BCUT2D eigenvalue weighted by atomic mass is 9.85. The molecule has 0 radical (unpaired) electrons. The van der Waals surface area contributed by atoms with Crippen LogP contribution in [0.4, 0.5) is 11.4 Å². The highest BCUT2D eigenvalue weighted by Gasteiger charge is 2.59. The minimum absolute atomic E-state index is 0.0477. The van der Waals surface area contributed by atoms with Gasteiger partial charge in [-0.25, -0.2) is 0 Å². The molecule has 2 bridgehead atoms. The maximum atomic E-state index is 12.8. The van der Waals surface area contributed by atoms with E-state index in [4.69, 9.17) is 4.74 Å². The largest absolute Gasteiger partial charge is 0.476 e. The average molecular weight is 460 g/mol. The van der Waals surface area contributed by atoms with Crippen molar-refractivity contribution in [3.63, 3.8) is 0 Å². The molecule has 10 heteroatoms. The van der Waals surface area contributed by atoms with Gasteiger partial charge in [-0.05, 0) is 36.5 Å². The number of nitro benzene ring substituents is 1. The molecule has 2 aromatic rings. The van der Waals surface area contributed by atoms with Crippen molar-refractivity contribution < 1.29 is 24.0 Å². The summed E-state index contributed by atoms with van der Waals surface area (Å²) in [6, 6.07) is 12.9. The molecule has 1 saturated heterocycles. The monoisotopic (exact) mass is 460 g/mol. The molecule has 0 unspecified atom stereocenters. The number of allylic oxidation sites excluding steroid dienone is 2. The third kappa shape index (κ3) is 3.72. The Labute approximate surface area is 194 Å². The molecule has 1 heterocycles. The van der Waals surface area contributed by atoms with Crippen LogP contribution in [-0.2, 0) is 14.4 Å². The Morgan fingerprint density at radius 3 is 2.41 bits per heavy atom. The molecule has 10 nitrogen and oxygen atoms in total. The van der Waals surface area contributed by atoms with Crippen molar-refractivity contribution in [2.24, 2.45) is 28.8 Å². The normalized spacial score (nSPS) is 24.6. The van der Waals surface area contributed by atoms with Crippen LogP contribution < -0.4 is 10.1 Å². The topological polar surface area (TPSA) is 131 Å². The van der Waals surface area contributed by atoms with Crippen molar-refractivity contribution in [2.45, 2.75) is 6.42 Å². The summed E-state index contributed by atoms with van der Waals surface area (Å²) in [6.45, 7) is -0.485. The van der Waals surface area contributed by atoms with E-state index < -0.39 is 29.3 Å². The van der Waals surface area contributed by atoms with Gasteiger partial charge in [0.05, 0.1) is 23.0 Å². The summed E-state index contributed by atoms with van der Waals surface area (Å²) in [4.78, 5) is 48.8. The van der Waals surface area contributed by atoms with Gasteiger partial charge in [0.2, 0.25) is 5.75 Å². The Kier molecular flexibility index (Phi) is 5.40. The predicted molar refractivity (Wildman–Crippen MR) is 121 cm³/mol. The smallest absolute Gasteiger partial charge is 0.311 e. The quantitative estimate of drug-likeness (QED) is 0.222. The van der Waals surface area contributed by atoms with E-state index in [9.17, 15) is 24.5 Å². The van der Waals surface area contributed by atoms with E-state index in [1.54, 1.807) is 30.3 Å². The number of carbonyl (C=O) groups is 3. The zero-order chi connectivity index (χ0) is 23.8. The van der Waals surface area contributed by atoms with Crippen molar-refractivity contribution in [3.05, 3.63) is 76.4 Å². The molecule has 0 aromatic heterocycles. The van der Waals surface area contributed by atoms with Crippen LogP contribution in [0, 0.1) is 33.8 Å². The number of rotatable bonds is 7. The number of nitro groups is 1. The number of anilines is 1. The van der Waals surface area contributed by atoms with E-state index in [1.165, 1.54) is 24.4 Å². The van der Waals surface area contributed by atoms with Crippen LogP contribution in [0.15, 0.2) is 65.8 Å². The summed E-state index contributed by atoms with van der Waals surface area (Å²) < 4.78 is 5.51. The van der Waals surface area contributed by atoms with Gasteiger partial charge in [0.1, 0.15) is 0 Å². The lowest BCUT2D eigenvalue weighted by Crippen LogP contribution is -2.28. The Bertz CT molecular complexity index is 1210. The van der Waals surface area contributed by atoms with E-state index in [1.807, 2.05) is 12.2 Å². The van der Waals surface area contributed by atoms with Gasteiger partial charge in [0, 0.05) is 17.3 Å². The van der Waals surface area contributed by atoms with E-state index in [0.717, 1.165) is 11.4 Å². The number of hydrogen-bond acceptors (Lipinski definition) is 7. The van der Waals surface area contributed by atoms with Crippen molar-refractivity contribution >= 4 is 35.3 Å². The van der Waals surface area contributed by atoms with E-state index in [2.05, 4.69) is 10.4 Å². The number of carbonyl (C=O) groups excluding carboxylic acids is 3. The third-order valence-electron chi connectivity index (χ3n) is 6.39. The van der Waals surface area contributed by atoms with Gasteiger partial charge in [0.25, 0.3) is 17.7 Å². The van der Waals surface area contributed by atoms with Gasteiger partial charge in [-0.3, -0.25) is 24.5 Å². The summed E-state index contributed by atoms with van der Waals surface area (Å²) in [5, 5.41) is 19.1. The van der Waals surface area contributed by atoms with Crippen LogP contribution in [0.3, 0.4) is 0 Å². The fourth-order valence-corrected chi connectivity index (χ4v) is 4.92. The lowest BCUT2D eigenvalue weighted by Gasteiger charge is -2.13. The van der Waals surface area contributed by atoms with Crippen LogP contribution in [0.25, 0.3) is 0 Å². The summed E-state index contributed by atoms with van der Waals surface area (Å²) in [5.74, 6) is -2.12. The van der Waals surface area contributed by atoms with E-state index in [0.29, 0.717) is 5.69 Å². The number of hydrogen-bond donors (Lipinski definition) is 1. The molecule has 4 atom stereocenters. The van der Waals surface area contributed by atoms with Crippen LogP contribution in [0.1, 0.15) is 12.0 Å². The van der Waals surface area contributed by atoms with Crippen molar-refractivity contribution in [1.82, 2.24) is 5.01 Å². The number of fused-ring (bicyclic) bond motifs is 5. The second kappa shape index (κ2) is 8.54. The Morgan fingerprint density at radius 1 is 1.09 bits per heavy atom. The SMILES string of the molecule is O=C(COc1c(C=NN2C(=O)[C@@H]3[C@H](C2=O)[C@H]2C=C[C@H]3C2)cccc1[N+](=O)[O-])Nc1ccccc1. The highest BCUT2D eigenvalue weighted by Crippen LogP contribution is 2.52. The molecular formula is C24H20N4O6. The molecule has 2 fully saturated rings. The van der Waals surface area contributed by atoms with Crippen molar-refractivity contribution in [3.8, 4) is 5.75 Å². The molecule has 1 aliphatic heterocycles. The molecule has 172 valence electrons. The Hall–Kier alpha value is -4.34. The number of nitrogens with zero attached hydrogens (tertiary/aromatic N) is 3. The van der Waals surface area contributed by atoms with Gasteiger partial charge < -0.3 is 10.1 Å². The van der Waals surface area contributed by atoms with Crippen LogP contribution in [-0.4, -0.2) is 40.5 Å². The fourth-order valence-electron chi connectivity index (χ4n) is 4.92. The number of nitrogens with one attached hydrogen (secondary N) is 1. The Morgan fingerprint density at radius 2 is 1.76 bits per heavy atom. The summed E-state index contributed by atoms with van der Waals surface area (Å²) in [7, 11) is 0. The van der Waals surface area contributed by atoms with E-state index >= 15 is 0 Å². The van der Waals surface area contributed by atoms with E-state index in [-0.39, 0.29) is 40.7 Å². The number of benzene rings is 2. The van der Waals surface area contributed by atoms with Crippen LogP contribution in [0.2, 0.25) is 0 Å². The molecule has 3 aliphatic rings. The molecule has 1 saturated carbocycles. The first-order valence-electron chi connectivity index (χ1n) is 10.8. The van der Waals surface area contributed by atoms with Crippen LogP contribution >= 0.6 is 0 Å². The summed E-state index contributed by atoms with van der Waals surface area (Å²) in [5.41, 5.74) is 0.357. The molecule has 34 heavy (non-hydrogen) atoms. The molecular weight excluding hydrogens is 440 g/mol. The maximum Gasteiger partial charge on any atom is 0.311 e. The highest BCUT2D eigenvalue weighted by atomic mass is 16.6. The first kappa shape index (κ1) is 21.5. The predicted octanol–water partition coefficient (Wildman–Crippen LogP) is 2.75. The van der Waals surface area contributed by atoms with Gasteiger partial charge in [-0.2, -0.15) is 10.1 Å². The zero-order valence-corrected chi connectivity index (χ0v) is 17.9. The second-order valence-electron chi connectivity index (χ2n) is 8.39. The third-order valence-corrected chi connectivity index (χ3v) is 6.39. The molecule has 3 amide bonds. The summed E-state index contributed by atoms with van der Waals surface area (Å²) >= 11 is 0. The van der Waals surface area contributed by atoms with Crippen molar-refractivity contribution in [2.75, 3.05) is 11.9 Å². The van der Waals surface area contributed by atoms with Crippen molar-refractivity contribution in [1.29, 1.82) is 0 Å². The average Bonchev–Trinajstić information content (AvgIpc) is 3.51. The standard InChI is InChI=1S/C24H20N4O6/c29-19(26-17-6-2-1-3-7-17)13-34-22-16(5-4-8-18(22)28(32)33)12-25-27-23(30)20-14-9-10-15(11-14)21(20)24(27)31/h1-10,12,14-15,20-21H,11,13H2,(H,26,29)/t14-,15-,20-,21+/m0/s1. The highest BCUT2D eigenvalue weighted by molar-refractivity contribution is 6.07. The second-order valence-corrected chi connectivity index (χ2v) is 8.39. The van der Waals surface area contributed by atoms with Gasteiger partial charge >= 0.3 is 5.69 Å². The first-order chi connectivity index (χ1) is 16.4. The molecule has 2 aliphatic carbocycles. The maximum absolute atomic E-state index is 12.8.